The number of methoxy groups -OCH3 is 1. The zero-order chi connectivity index (χ0) is 14.6. The summed E-state index contributed by atoms with van der Waals surface area (Å²) in [7, 11) is 2.28. The van der Waals surface area contributed by atoms with Crippen molar-refractivity contribution in [2.24, 2.45) is 0 Å². The molecule has 0 amide bonds. The van der Waals surface area contributed by atoms with E-state index < -0.39 is 7.14 Å². The molecule has 2 aliphatic rings. The second-order valence-corrected chi connectivity index (χ2v) is 8.85. The Kier molecular flexibility index (Phi) is 5.52. The van der Waals surface area contributed by atoms with E-state index in [4.69, 9.17) is 4.74 Å². The first-order chi connectivity index (χ1) is 9.71. The number of hydrogen-bond acceptors (Lipinski definition) is 3. The van der Waals surface area contributed by atoms with Gasteiger partial charge in [0.1, 0.15) is 5.75 Å². The molecule has 1 saturated heterocycles. The second kappa shape index (κ2) is 6.96. The summed E-state index contributed by atoms with van der Waals surface area (Å²) in [5.74, 6) is 0.892. The summed E-state index contributed by atoms with van der Waals surface area (Å²) in [6.45, 7) is 3.78. The molecule has 3 rings (SSSR count). The van der Waals surface area contributed by atoms with Crippen LogP contribution in [0.15, 0.2) is 24.3 Å². The molecule has 0 N–H and O–H groups in total. The molecule has 0 radical (unpaired) electrons. The molecule has 1 saturated carbocycles. The maximum absolute atomic E-state index is 12.6. The molecule has 1 aromatic rings. The molecule has 1 heterocycles. The summed E-state index contributed by atoms with van der Waals surface area (Å²) < 4.78 is 17.9. The lowest BCUT2D eigenvalue weighted by Gasteiger charge is -2.34. The molecule has 1 atom stereocenters. The molecule has 0 spiro atoms. The van der Waals surface area contributed by atoms with Crippen LogP contribution in [0.4, 0.5) is 5.69 Å². The van der Waals surface area contributed by atoms with Crippen LogP contribution in [0.3, 0.4) is 0 Å². The normalized spacial score (nSPS) is 20.9. The molecule has 1 aromatic carbocycles. The number of ether oxygens (including phenoxy) is 1. The van der Waals surface area contributed by atoms with Crippen LogP contribution in [0.5, 0.6) is 5.75 Å². The molecule has 0 aromatic heterocycles. The molecule has 112 valence electrons. The Balaban J connectivity index is 0.000000704. The number of hydrogen-bond donors (Lipinski definition) is 0. The maximum atomic E-state index is 12.6. The van der Waals surface area contributed by atoms with Gasteiger partial charge in [-0.3, -0.25) is 0 Å². The van der Waals surface area contributed by atoms with Crippen LogP contribution >= 0.6 is 16.4 Å². The Hall–Kier alpha value is -0.520. The lowest BCUT2D eigenvalue weighted by Crippen LogP contribution is -2.35. The zero-order valence-corrected chi connectivity index (χ0v) is 14.5. The van der Waals surface area contributed by atoms with Gasteiger partial charge in [-0.2, -0.15) is 0 Å². The van der Waals surface area contributed by atoms with Crippen molar-refractivity contribution in [3.05, 3.63) is 24.3 Å². The van der Waals surface area contributed by atoms with Crippen molar-refractivity contribution >= 4 is 22.1 Å². The van der Waals surface area contributed by atoms with Gasteiger partial charge in [-0.15, -0.1) is 9.24 Å². The molecule has 1 aliphatic heterocycles. The molecule has 20 heavy (non-hydrogen) atoms. The highest BCUT2D eigenvalue weighted by Crippen LogP contribution is 2.61. The van der Waals surface area contributed by atoms with Gasteiger partial charge in [-0.1, -0.05) is 12.7 Å². The average Bonchev–Trinajstić information content (AvgIpc) is 3.35. The fourth-order valence-corrected chi connectivity index (χ4v) is 5.98. The fraction of sp³-hybridized carbons (Fsp3) is 0.600. The number of anilines is 1. The van der Waals surface area contributed by atoms with Gasteiger partial charge < -0.3 is 14.2 Å². The Bertz CT molecular complexity index is 477. The summed E-state index contributed by atoms with van der Waals surface area (Å²) in [6, 6.07) is 8.15. The molecule has 2 fully saturated rings. The molecule has 1 unspecified atom stereocenters. The van der Waals surface area contributed by atoms with E-state index in [2.05, 4.69) is 26.3 Å². The highest BCUT2D eigenvalue weighted by molar-refractivity contribution is 7.65. The molecular formula is C15H25NO2P2. The van der Waals surface area contributed by atoms with Crippen molar-refractivity contribution < 1.29 is 9.30 Å². The van der Waals surface area contributed by atoms with Gasteiger partial charge in [0.25, 0.3) is 0 Å². The molecule has 1 aliphatic carbocycles. The SMILES string of the molecule is COc1cccc(N2CCP(=O)(C3CC3)CC2)c1.CP. The molecule has 3 nitrogen and oxygen atoms in total. The van der Waals surface area contributed by atoms with Crippen LogP contribution in [0, 0.1) is 0 Å². The predicted octanol–water partition coefficient (Wildman–Crippen LogP) is 3.53. The van der Waals surface area contributed by atoms with Gasteiger partial charge in [0, 0.05) is 42.8 Å². The standard InChI is InChI=1S/C14H20NO2P.CH5P/c1-17-13-4-2-3-12(11-13)15-7-9-18(16,10-8-15)14-5-6-14;1-2/h2-4,11,14H,5-10H2,1H3;2H2,1H3. The van der Waals surface area contributed by atoms with E-state index >= 15 is 0 Å². The van der Waals surface area contributed by atoms with Gasteiger partial charge in [-0.05, 0) is 25.0 Å². The first-order valence-corrected chi connectivity index (χ1v) is 10.6. The first-order valence-electron chi connectivity index (χ1n) is 7.26. The van der Waals surface area contributed by atoms with Gasteiger partial charge in [0.2, 0.25) is 0 Å². The van der Waals surface area contributed by atoms with E-state index in [1.165, 1.54) is 18.5 Å². The lowest BCUT2D eigenvalue weighted by atomic mass is 10.2. The Labute approximate surface area is 124 Å². The van der Waals surface area contributed by atoms with Crippen molar-refractivity contribution in [1.29, 1.82) is 0 Å². The lowest BCUT2D eigenvalue weighted by molar-refractivity contribution is 0.415. The van der Waals surface area contributed by atoms with E-state index in [0.29, 0.717) is 5.66 Å². The monoisotopic (exact) mass is 313 g/mol. The van der Waals surface area contributed by atoms with Crippen LogP contribution in [0.2, 0.25) is 0 Å². The third-order valence-electron chi connectivity index (χ3n) is 4.13. The molecule has 0 bridgehead atoms. The zero-order valence-electron chi connectivity index (χ0n) is 12.4. The third kappa shape index (κ3) is 3.57. The average molecular weight is 313 g/mol. The minimum Gasteiger partial charge on any atom is -0.497 e. The van der Waals surface area contributed by atoms with E-state index in [-0.39, 0.29) is 0 Å². The van der Waals surface area contributed by atoms with Crippen molar-refractivity contribution in [2.75, 3.05) is 44.1 Å². The van der Waals surface area contributed by atoms with Gasteiger partial charge in [-0.25, -0.2) is 0 Å². The minimum absolute atomic E-state index is 0.574. The maximum Gasteiger partial charge on any atom is 0.120 e. The smallest absolute Gasteiger partial charge is 0.120 e. The van der Waals surface area contributed by atoms with Gasteiger partial charge in [0.05, 0.1) is 14.3 Å². The first kappa shape index (κ1) is 15.9. The highest BCUT2D eigenvalue weighted by Gasteiger charge is 2.42. The summed E-state index contributed by atoms with van der Waals surface area (Å²) in [4.78, 5) is 2.33. The fourth-order valence-electron chi connectivity index (χ4n) is 2.78. The van der Waals surface area contributed by atoms with Crippen molar-refractivity contribution in [3.63, 3.8) is 0 Å². The quantitative estimate of drug-likeness (QED) is 0.800. The number of rotatable bonds is 3. The van der Waals surface area contributed by atoms with Crippen LogP contribution in [-0.2, 0) is 4.57 Å². The van der Waals surface area contributed by atoms with Gasteiger partial charge in [0.15, 0.2) is 0 Å². The second-order valence-electron chi connectivity index (χ2n) is 5.32. The third-order valence-corrected chi connectivity index (χ3v) is 7.89. The molecule has 5 heteroatoms. The van der Waals surface area contributed by atoms with Crippen LogP contribution in [0.1, 0.15) is 12.8 Å². The van der Waals surface area contributed by atoms with E-state index in [0.717, 1.165) is 31.2 Å². The number of benzene rings is 1. The van der Waals surface area contributed by atoms with Gasteiger partial charge >= 0.3 is 0 Å². The van der Waals surface area contributed by atoms with E-state index in [9.17, 15) is 4.57 Å². The van der Waals surface area contributed by atoms with Crippen molar-refractivity contribution in [1.82, 2.24) is 0 Å². The predicted molar refractivity (Wildman–Crippen MR) is 91.2 cm³/mol. The topological polar surface area (TPSA) is 29.5 Å². The largest absolute Gasteiger partial charge is 0.497 e. The van der Waals surface area contributed by atoms with E-state index in [1.54, 1.807) is 7.11 Å². The van der Waals surface area contributed by atoms with E-state index in [1.807, 2.05) is 18.8 Å². The van der Waals surface area contributed by atoms with Crippen LogP contribution in [-0.4, -0.2) is 44.8 Å². The van der Waals surface area contributed by atoms with Crippen molar-refractivity contribution in [3.8, 4) is 5.75 Å². The Morgan fingerprint density at radius 3 is 2.45 bits per heavy atom. The summed E-state index contributed by atoms with van der Waals surface area (Å²) in [6.07, 6.45) is 4.20. The summed E-state index contributed by atoms with van der Waals surface area (Å²) in [5, 5.41) is 0. The minimum atomic E-state index is -1.82. The Morgan fingerprint density at radius 1 is 1.25 bits per heavy atom. The van der Waals surface area contributed by atoms with Crippen molar-refractivity contribution in [2.45, 2.75) is 18.5 Å². The highest BCUT2D eigenvalue weighted by atomic mass is 31.2. The summed E-state index contributed by atoms with van der Waals surface area (Å²) in [5.41, 5.74) is 1.77. The van der Waals surface area contributed by atoms with Crippen LogP contribution < -0.4 is 9.64 Å². The Morgan fingerprint density at radius 2 is 1.90 bits per heavy atom. The number of nitrogens with zero attached hydrogens (tertiary/aromatic N) is 1. The summed E-state index contributed by atoms with van der Waals surface area (Å²) >= 11 is 0. The molecular weight excluding hydrogens is 288 g/mol. The van der Waals surface area contributed by atoms with Crippen LogP contribution in [0.25, 0.3) is 0 Å².